The second kappa shape index (κ2) is 52.2. The fraction of sp³-hybridized carbons (Fsp3) is 0.159. The molecule has 11 aromatic carbocycles. The predicted octanol–water partition coefficient (Wildman–Crippen LogP) is 33.4. The third-order valence-corrected chi connectivity index (χ3v) is 22.9. The summed E-state index contributed by atoms with van der Waals surface area (Å²) in [6.45, 7) is 33.1. The van der Waals surface area contributed by atoms with E-state index in [9.17, 15) is 23.6 Å². The third kappa shape index (κ3) is 30.2. The van der Waals surface area contributed by atoms with E-state index >= 15 is 0 Å². The zero-order valence-corrected chi connectivity index (χ0v) is 95.1. The van der Waals surface area contributed by atoms with Crippen LogP contribution in [0.5, 0.6) is 0 Å². The Morgan fingerprint density at radius 3 is 1.05 bits per heavy atom. The molecule has 766 valence electrons. The van der Waals surface area contributed by atoms with Gasteiger partial charge in [-0.3, -0.25) is 19.2 Å². The molecule has 149 heavy (non-hydrogen) atoms. The topological polar surface area (TPSA) is 280 Å². The van der Waals surface area contributed by atoms with Crippen molar-refractivity contribution >= 4 is 111 Å². The van der Waals surface area contributed by atoms with Crippen molar-refractivity contribution in [2.24, 2.45) is 0 Å². The quantitative estimate of drug-likeness (QED) is 0.0474. The van der Waals surface area contributed by atoms with Gasteiger partial charge in [0.05, 0.1) is 59.0 Å². The molecule has 10 aromatic heterocycles. The van der Waals surface area contributed by atoms with Crippen molar-refractivity contribution in [3.05, 3.63) is 409 Å². The average Bonchev–Trinajstić information content (AvgIpc) is 1.62. The van der Waals surface area contributed by atoms with Crippen LogP contribution in [0.2, 0.25) is 0 Å². The zero-order chi connectivity index (χ0) is 104. The van der Waals surface area contributed by atoms with Crippen LogP contribution in [-0.4, -0.2) is 63.5 Å². The summed E-state index contributed by atoms with van der Waals surface area (Å²) in [6.07, 6.45) is 11.8. The molecule has 0 saturated heterocycles. The van der Waals surface area contributed by atoms with Crippen molar-refractivity contribution in [2.45, 2.75) is 135 Å². The normalized spacial score (nSPS) is 11.3. The van der Waals surface area contributed by atoms with E-state index in [0.29, 0.717) is 11.3 Å². The molecule has 0 unspecified atom stereocenters. The number of aromatic nitrogens is 4. The summed E-state index contributed by atoms with van der Waals surface area (Å²) >= 11 is 0. The van der Waals surface area contributed by atoms with Crippen LogP contribution in [0.15, 0.2) is 372 Å². The summed E-state index contributed by atoms with van der Waals surface area (Å²) in [5.41, 5.74) is 27.1. The molecule has 0 aliphatic carbocycles. The van der Waals surface area contributed by atoms with Crippen LogP contribution in [0.25, 0.3) is 189 Å². The number of para-hydroxylation sites is 2. The van der Waals surface area contributed by atoms with Crippen LogP contribution >= 0.6 is 0 Å². The van der Waals surface area contributed by atoms with Gasteiger partial charge in [0.25, 0.3) is 0 Å². The number of nitrogens with zero attached hydrogens (tertiary/aromatic N) is 4. The molecule has 0 aliphatic rings. The number of carbonyl (C=O) groups excluding carboxylic acids is 4. The number of aliphatic hydroxyl groups excluding tert-OH is 4. The fourth-order valence-electron chi connectivity index (χ4n) is 16.4. The first-order chi connectivity index (χ1) is 69.2. The van der Waals surface area contributed by atoms with Gasteiger partial charge < -0.3 is 66.9 Å². The maximum Gasteiger partial charge on any atom is 0.155 e. The molecule has 0 spiro atoms. The first-order valence-electron chi connectivity index (χ1n) is 47.1. The van der Waals surface area contributed by atoms with Gasteiger partial charge in [0, 0.05) is 165 Å². The van der Waals surface area contributed by atoms with Crippen molar-refractivity contribution in [1.82, 2.24) is 19.9 Å². The number of furan rings is 6. The molecule has 23 heteroatoms. The number of benzene rings is 11. The Hall–Kier alpha value is -14.9. The molecule has 0 fully saturated rings. The number of pyridine rings is 4. The largest absolute Gasteiger partial charge is 0.512 e. The van der Waals surface area contributed by atoms with Gasteiger partial charge in [-0.1, -0.05) is 247 Å². The smallest absolute Gasteiger partial charge is 0.155 e. The Labute approximate surface area is 919 Å². The van der Waals surface area contributed by atoms with E-state index < -0.39 is 0 Å². The molecular formula is C126H111FIr4N4O14-4. The number of aryl methyl sites for hydroxylation is 4. The summed E-state index contributed by atoms with van der Waals surface area (Å²) in [5.74, 6) is 2.76. The Balaban J connectivity index is 0.000000185. The van der Waals surface area contributed by atoms with Gasteiger partial charge in [0.1, 0.15) is 40.0 Å². The molecule has 0 aliphatic heterocycles. The summed E-state index contributed by atoms with van der Waals surface area (Å²) < 4.78 is 49.8. The van der Waals surface area contributed by atoms with Crippen LogP contribution in [0.4, 0.5) is 4.39 Å². The molecule has 18 nitrogen and oxygen atoms in total. The van der Waals surface area contributed by atoms with Gasteiger partial charge in [0.15, 0.2) is 45.5 Å². The van der Waals surface area contributed by atoms with Crippen LogP contribution in [0.1, 0.15) is 130 Å². The van der Waals surface area contributed by atoms with Gasteiger partial charge in [0.2, 0.25) is 0 Å². The summed E-state index contributed by atoms with van der Waals surface area (Å²) in [6, 6.07) is 104. The number of fused-ring (bicyclic) bond motifs is 10. The Bertz CT molecular complexity index is 8300. The number of ketones is 4. The Morgan fingerprint density at radius 1 is 0.315 bits per heavy atom. The Morgan fingerprint density at radius 2 is 0.658 bits per heavy atom. The van der Waals surface area contributed by atoms with Gasteiger partial charge in [-0.15, -0.1) is 106 Å². The molecule has 21 aromatic rings. The minimum absolute atomic E-state index is 0. The monoisotopic (exact) mass is 2690 g/mol. The van der Waals surface area contributed by atoms with Crippen molar-refractivity contribution in [2.75, 3.05) is 0 Å². The standard InChI is InChI=1S/C30H26NO.C27H18NO2.C25H14NO2.C24H21FNO.4C5H8O2.4Ir/c1-20-15-23(17-24(16-20)30(2,3)4)26-18-25-27(19-31-26)32-29(22-13-9-6-10-14-22)28(25)21-11-7-5-8-12-21;1-16-7-5-8-17(2)26(16)24-14-18-13-22(28-15-25(18)29-24)21-11-6-10-20-19-9-3-4-12-23(19)30-27(20)21;1-2-7-16(8-3-1)23-14-17-13-21(26-15-24(17)27-23)20-11-6-10-19-18-9-4-5-12-22(18)28-25(19)20;1-15-9-17(11-19(10-15)24(2,3)4)21-12-18-13-22(27-23(18)14-26-21)16-5-7-20(25)8-6-16;4*1-4(6)3-5(2)7;;;;/h5-14,16-19H,1-4H3;3-10,12-15H,1-2H3;1-10,12-15H;5-8,10-14H,1-4H3;4*3,6H,1-2H3;;;;/q4*-1;;;;;;;;. The SMILES string of the molecule is CC(=O)C=C(C)O.CC(=O)C=C(C)O.CC(=O)C=C(C)O.CC(=O)C=C(C)O.Cc1[c-]c(-c2cc3c(-c4ccccc4)c(-c4ccccc4)oc3cn2)cc(C(C)(C)C)c1.Cc1[c-]c(-c2cc3cc(-c4ccc(F)cc4)oc3cn2)cc(C(C)(C)C)c1.Cc1cccc(C)c1-c1cc2cc(-c3[c-]ccc4c3oc3ccccc34)ncc2o1.[Ir].[Ir].[Ir].[Ir].[c-]1ccc2c(oc3ccccc32)c1-c1cc2cc(-c3ccccc3)oc2cn1. The first kappa shape index (κ1) is 116. The average molecular weight is 2690 g/mol. The number of rotatable bonds is 13. The second-order valence-electron chi connectivity index (χ2n) is 37.3. The van der Waals surface area contributed by atoms with E-state index in [4.69, 9.17) is 51.9 Å². The minimum atomic E-state index is -0.261. The predicted molar refractivity (Wildman–Crippen MR) is 579 cm³/mol. The van der Waals surface area contributed by atoms with Crippen LogP contribution in [0, 0.1) is 57.8 Å². The third-order valence-electron chi connectivity index (χ3n) is 22.9. The Kier molecular flexibility index (Phi) is 40.6. The van der Waals surface area contributed by atoms with E-state index in [-0.39, 0.29) is 143 Å². The molecule has 0 saturated carbocycles. The van der Waals surface area contributed by atoms with Crippen LogP contribution < -0.4 is 0 Å². The van der Waals surface area contributed by atoms with E-state index in [1.165, 1.54) is 114 Å². The summed E-state index contributed by atoms with van der Waals surface area (Å²) in [5, 5.41) is 41.8. The van der Waals surface area contributed by atoms with Gasteiger partial charge in [-0.05, 0) is 174 Å². The summed E-state index contributed by atoms with van der Waals surface area (Å²) in [7, 11) is 0. The number of halogens is 1. The maximum absolute atomic E-state index is 13.2. The first-order valence-corrected chi connectivity index (χ1v) is 47.1. The van der Waals surface area contributed by atoms with Crippen molar-refractivity contribution in [3.63, 3.8) is 0 Å². The molecule has 4 radical (unpaired) electrons. The van der Waals surface area contributed by atoms with Gasteiger partial charge in [-0.2, -0.15) is 0 Å². The molecule has 4 N–H and O–H groups in total. The number of aliphatic hydroxyl groups is 4. The van der Waals surface area contributed by atoms with E-state index in [0.717, 1.165) is 189 Å². The molecule has 0 bridgehead atoms. The molecule has 21 rings (SSSR count). The molecular weight excluding hydrogens is 2580 g/mol. The molecule has 0 amide bonds. The van der Waals surface area contributed by atoms with Crippen LogP contribution in [-0.2, 0) is 110 Å². The van der Waals surface area contributed by atoms with Gasteiger partial charge >= 0.3 is 0 Å². The number of carbonyl (C=O) groups is 4. The number of hydrogen-bond donors (Lipinski definition) is 4. The van der Waals surface area contributed by atoms with Crippen LogP contribution in [0.3, 0.4) is 0 Å². The molecule has 10 heterocycles. The second-order valence-corrected chi connectivity index (χ2v) is 37.3. The van der Waals surface area contributed by atoms with Crippen molar-refractivity contribution in [1.29, 1.82) is 0 Å². The van der Waals surface area contributed by atoms with E-state index in [1.54, 1.807) is 30.7 Å². The maximum atomic E-state index is 13.2. The van der Waals surface area contributed by atoms with Crippen molar-refractivity contribution < 1.29 is 151 Å². The minimum Gasteiger partial charge on any atom is -0.512 e. The fourth-order valence-corrected chi connectivity index (χ4v) is 16.4. The zero-order valence-electron chi connectivity index (χ0n) is 85.5. The molecule has 0 atom stereocenters. The number of allylic oxidation sites excluding steroid dienone is 8. The number of hydrogen-bond acceptors (Lipinski definition) is 18. The van der Waals surface area contributed by atoms with E-state index in [1.807, 2.05) is 140 Å². The van der Waals surface area contributed by atoms with Gasteiger partial charge in [-0.25, -0.2) is 4.39 Å². The van der Waals surface area contributed by atoms with Crippen molar-refractivity contribution in [3.8, 4) is 101 Å². The summed E-state index contributed by atoms with van der Waals surface area (Å²) in [4.78, 5) is 58.7. The van der Waals surface area contributed by atoms with E-state index in [2.05, 4.69) is 224 Å².